The van der Waals surface area contributed by atoms with Crippen LogP contribution in [-0.2, 0) is 17.4 Å². The van der Waals surface area contributed by atoms with E-state index in [-0.39, 0.29) is 4.75 Å². The van der Waals surface area contributed by atoms with Gasteiger partial charge in [-0.15, -0.1) is 10.3 Å². The predicted octanol–water partition coefficient (Wildman–Crippen LogP) is 5.75. The zero-order valence-corrected chi connectivity index (χ0v) is 17.2. The molecule has 4 nitrogen and oxygen atoms in total. The van der Waals surface area contributed by atoms with Crippen molar-refractivity contribution in [1.29, 1.82) is 0 Å². The van der Waals surface area contributed by atoms with Gasteiger partial charge in [-0.3, -0.25) is 10.7 Å². The number of hydrogen-bond acceptors (Lipinski definition) is 4. The van der Waals surface area contributed by atoms with E-state index < -0.39 is 10.3 Å². The number of ether oxygens (including phenoxy) is 1. The van der Waals surface area contributed by atoms with E-state index in [1.165, 1.54) is 5.56 Å². The minimum Gasteiger partial charge on any atom is -0.489 e. The van der Waals surface area contributed by atoms with Crippen LogP contribution in [0.15, 0.2) is 48.5 Å². The molecule has 0 aromatic heterocycles. The molecule has 2 rings (SSSR count). The van der Waals surface area contributed by atoms with Crippen molar-refractivity contribution in [3.63, 3.8) is 0 Å². The Kier molecular flexibility index (Phi) is 6.98. The highest BCUT2D eigenvalue weighted by molar-refractivity contribution is 8.29. The highest BCUT2D eigenvalue weighted by Gasteiger charge is 2.31. The topological polar surface area (TPSA) is 50.7 Å². The molecule has 0 amide bonds. The lowest BCUT2D eigenvalue weighted by Gasteiger charge is -2.45. The van der Waals surface area contributed by atoms with Gasteiger partial charge in [0.2, 0.25) is 0 Å². The lowest BCUT2D eigenvalue weighted by atomic mass is 10.1. The minimum absolute atomic E-state index is 0.210. The number of rotatable bonds is 9. The summed E-state index contributed by atoms with van der Waals surface area (Å²) in [6.07, 6.45) is 5.60. The van der Waals surface area contributed by atoms with E-state index in [2.05, 4.69) is 63.0 Å². The second-order valence-electron chi connectivity index (χ2n) is 7.35. The summed E-state index contributed by atoms with van der Waals surface area (Å²) >= 11 is 0. The standard InChI is InChI=1S/C21H31NO3S/c1-6-21(2,3)26(4,5)25-16-18-9-7-17(8-10-18)15-24-20-13-11-19(22-23)12-14-20/h7-14,22-23H,6,15-16H2,1-5H3. The molecule has 0 fully saturated rings. The molecule has 2 aromatic carbocycles. The van der Waals surface area contributed by atoms with E-state index in [0.29, 0.717) is 18.9 Å². The van der Waals surface area contributed by atoms with Gasteiger partial charge in [0.25, 0.3) is 0 Å². The van der Waals surface area contributed by atoms with E-state index in [9.17, 15) is 0 Å². The zero-order chi connectivity index (χ0) is 19.2. The molecule has 0 aliphatic carbocycles. The highest BCUT2D eigenvalue weighted by atomic mass is 32.3. The van der Waals surface area contributed by atoms with E-state index in [1.54, 1.807) is 12.1 Å². The molecule has 26 heavy (non-hydrogen) atoms. The normalized spacial score (nSPS) is 12.7. The predicted molar refractivity (Wildman–Crippen MR) is 111 cm³/mol. The largest absolute Gasteiger partial charge is 0.489 e. The molecular weight excluding hydrogens is 346 g/mol. The van der Waals surface area contributed by atoms with Crippen LogP contribution >= 0.6 is 10.3 Å². The van der Waals surface area contributed by atoms with Crippen LogP contribution in [0.3, 0.4) is 0 Å². The molecule has 2 N–H and O–H groups in total. The Bertz CT molecular complexity index is 681. The van der Waals surface area contributed by atoms with Crippen LogP contribution in [0.4, 0.5) is 5.69 Å². The average molecular weight is 378 g/mol. The van der Waals surface area contributed by atoms with Crippen molar-refractivity contribution in [3.8, 4) is 5.75 Å². The van der Waals surface area contributed by atoms with E-state index in [0.717, 1.165) is 17.7 Å². The maximum Gasteiger partial charge on any atom is 0.119 e. The molecule has 0 aliphatic heterocycles. The van der Waals surface area contributed by atoms with Crippen LogP contribution < -0.4 is 10.2 Å². The van der Waals surface area contributed by atoms with E-state index in [4.69, 9.17) is 14.1 Å². The number of anilines is 1. The number of hydrogen-bond donors (Lipinski definition) is 2. The molecule has 2 aromatic rings. The Morgan fingerprint density at radius 2 is 1.46 bits per heavy atom. The summed E-state index contributed by atoms with van der Waals surface area (Å²) in [4.78, 5) is 0. The van der Waals surface area contributed by atoms with Crippen molar-refractivity contribution in [3.05, 3.63) is 59.7 Å². The lowest BCUT2D eigenvalue weighted by Crippen LogP contribution is -2.28. The summed E-state index contributed by atoms with van der Waals surface area (Å²) in [5.74, 6) is 0.767. The van der Waals surface area contributed by atoms with Gasteiger partial charge < -0.3 is 8.92 Å². The molecule has 0 atom stereocenters. The highest BCUT2D eigenvalue weighted by Crippen LogP contribution is 2.56. The van der Waals surface area contributed by atoms with Crippen LogP contribution in [0.1, 0.15) is 38.3 Å². The second-order valence-corrected chi connectivity index (χ2v) is 11.2. The van der Waals surface area contributed by atoms with Gasteiger partial charge in [0.05, 0.1) is 12.3 Å². The second kappa shape index (κ2) is 8.80. The van der Waals surface area contributed by atoms with Gasteiger partial charge in [-0.2, -0.15) is 0 Å². The van der Waals surface area contributed by atoms with Gasteiger partial charge in [-0.1, -0.05) is 45.0 Å². The molecule has 0 aliphatic rings. The molecule has 0 heterocycles. The smallest absolute Gasteiger partial charge is 0.119 e. The molecule has 0 saturated heterocycles. The molecule has 0 saturated carbocycles. The monoisotopic (exact) mass is 377 g/mol. The molecule has 0 bridgehead atoms. The maximum absolute atomic E-state index is 8.82. The quantitative estimate of drug-likeness (QED) is 0.546. The molecule has 0 spiro atoms. The molecule has 0 radical (unpaired) electrons. The Balaban J connectivity index is 1.87. The third-order valence-electron chi connectivity index (χ3n) is 5.11. The lowest BCUT2D eigenvalue weighted by molar-refractivity contribution is 0.305. The van der Waals surface area contributed by atoms with Crippen LogP contribution in [0, 0.1) is 0 Å². The molecule has 144 valence electrons. The van der Waals surface area contributed by atoms with Gasteiger partial charge in [0, 0.05) is 4.75 Å². The fourth-order valence-electron chi connectivity index (χ4n) is 2.25. The maximum atomic E-state index is 8.82. The Labute approximate surface area is 159 Å². The van der Waals surface area contributed by atoms with Crippen molar-refractivity contribution < 1.29 is 14.1 Å². The fraction of sp³-hybridized carbons (Fsp3) is 0.429. The first kappa shape index (κ1) is 20.6. The summed E-state index contributed by atoms with van der Waals surface area (Å²) in [7, 11) is -1.12. The van der Waals surface area contributed by atoms with Crippen molar-refractivity contribution in [2.75, 3.05) is 18.0 Å². The van der Waals surface area contributed by atoms with Gasteiger partial charge in [0.15, 0.2) is 0 Å². The first-order chi connectivity index (χ1) is 12.3. The van der Waals surface area contributed by atoms with Gasteiger partial charge >= 0.3 is 0 Å². The van der Waals surface area contributed by atoms with Crippen molar-refractivity contribution in [2.45, 2.75) is 45.2 Å². The average Bonchev–Trinajstić information content (AvgIpc) is 2.65. The van der Waals surface area contributed by atoms with Gasteiger partial charge in [0.1, 0.15) is 12.4 Å². The summed E-state index contributed by atoms with van der Waals surface area (Å²) in [6, 6.07) is 15.5. The summed E-state index contributed by atoms with van der Waals surface area (Å²) in [5, 5.41) is 8.82. The zero-order valence-electron chi connectivity index (χ0n) is 16.4. The Morgan fingerprint density at radius 3 is 1.96 bits per heavy atom. The number of nitrogens with one attached hydrogen (secondary N) is 1. The fourth-order valence-corrected chi connectivity index (χ4v) is 3.69. The molecular formula is C21H31NO3S. The van der Waals surface area contributed by atoms with Crippen molar-refractivity contribution in [1.82, 2.24) is 0 Å². The molecule has 5 heteroatoms. The van der Waals surface area contributed by atoms with Crippen LogP contribution in [-0.4, -0.2) is 22.5 Å². The number of benzene rings is 2. The molecule has 0 unspecified atom stereocenters. The van der Waals surface area contributed by atoms with Crippen LogP contribution in [0.25, 0.3) is 0 Å². The Morgan fingerprint density at radius 1 is 0.923 bits per heavy atom. The van der Waals surface area contributed by atoms with E-state index >= 15 is 0 Å². The first-order valence-electron chi connectivity index (χ1n) is 8.85. The van der Waals surface area contributed by atoms with Gasteiger partial charge in [-0.25, -0.2) is 0 Å². The first-order valence-corrected chi connectivity index (χ1v) is 11.2. The Hall–Kier alpha value is -1.69. The summed E-state index contributed by atoms with van der Waals surface area (Å²) in [5.41, 5.74) is 5.03. The van der Waals surface area contributed by atoms with Crippen LogP contribution in [0.2, 0.25) is 0 Å². The van der Waals surface area contributed by atoms with Crippen LogP contribution in [0.5, 0.6) is 5.75 Å². The third kappa shape index (κ3) is 5.40. The SMILES string of the molecule is CCC(C)(C)S(C)(C)OCc1ccc(COc2ccc(NO)cc2)cc1. The summed E-state index contributed by atoms with van der Waals surface area (Å²) in [6.45, 7) is 7.94. The van der Waals surface area contributed by atoms with E-state index in [1.807, 2.05) is 12.1 Å². The summed E-state index contributed by atoms with van der Waals surface area (Å²) < 4.78 is 12.3. The third-order valence-corrected chi connectivity index (χ3v) is 8.77. The van der Waals surface area contributed by atoms with Crippen molar-refractivity contribution in [2.24, 2.45) is 0 Å². The van der Waals surface area contributed by atoms with Crippen molar-refractivity contribution >= 4 is 16.0 Å². The van der Waals surface area contributed by atoms with Gasteiger partial charge in [-0.05, 0) is 54.3 Å². The minimum atomic E-state index is -1.12.